The third-order valence-electron chi connectivity index (χ3n) is 1.20. The molecule has 0 aliphatic carbocycles. The Labute approximate surface area is 53.2 Å². The van der Waals surface area contributed by atoms with E-state index in [9.17, 15) is 0 Å². The van der Waals surface area contributed by atoms with E-state index in [1.54, 1.807) is 0 Å². The van der Waals surface area contributed by atoms with E-state index in [1.165, 1.54) is 18.5 Å². The molecule has 1 aliphatic rings. The standard InChI is InChI=1S/C6H12OSi/c1-2-3-8-5-6-4-7-6/h6H,2-5H2,1H3. The zero-order valence-corrected chi connectivity index (χ0v) is 6.31. The highest BCUT2D eigenvalue weighted by Crippen LogP contribution is 2.13. The molecule has 1 unspecified atom stereocenters. The topological polar surface area (TPSA) is 12.5 Å². The predicted octanol–water partition coefficient (Wildman–Crippen LogP) is 1.34. The Hall–Kier alpha value is 0.177. The molecule has 8 heavy (non-hydrogen) atoms. The lowest BCUT2D eigenvalue weighted by Crippen LogP contribution is -1.92. The van der Waals surface area contributed by atoms with Crippen LogP contribution in [0.15, 0.2) is 0 Å². The van der Waals surface area contributed by atoms with E-state index in [2.05, 4.69) is 6.92 Å². The molecule has 0 aromatic rings. The Morgan fingerprint density at radius 3 is 3.00 bits per heavy atom. The van der Waals surface area contributed by atoms with Gasteiger partial charge in [0, 0.05) is 9.52 Å². The van der Waals surface area contributed by atoms with E-state index in [1.807, 2.05) is 0 Å². The maximum atomic E-state index is 5.06. The van der Waals surface area contributed by atoms with Crippen LogP contribution in [-0.2, 0) is 4.74 Å². The van der Waals surface area contributed by atoms with E-state index < -0.39 is 0 Å². The maximum absolute atomic E-state index is 5.06. The van der Waals surface area contributed by atoms with E-state index in [0.29, 0.717) is 6.10 Å². The Morgan fingerprint density at radius 1 is 1.75 bits per heavy atom. The minimum Gasteiger partial charge on any atom is -0.373 e. The molecule has 2 radical (unpaired) electrons. The summed E-state index contributed by atoms with van der Waals surface area (Å²) in [4.78, 5) is 0. The molecule has 0 aromatic heterocycles. The summed E-state index contributed by atoms with van der Waals surface area (Å²) in [5, 5.41) is 0. The van der Waals surface area contributed by atoms with Crippen LogP contribution in [0.1, 0.15) is 13.3 Å². The molecule has 0 spiro atoms. The van der Waals surface area contributed by atoms with E-state index in [4.69, 9.17) is 4.74 Å². The van der Waals surface area contributed by atoms with Gasteiger partial charge in [0.05, 0.1) is 12.7 Å². The lowest BCUT2D eigenvalue weighted by molar-refractivity contribution is 0.422. The third-order valence-corrected chi connectivity index (χ3v) is 2.80. The summed E-state index contributed by atoms with van der Waals surface area (Å²) in [6, 6.07) is 2.73. The molecule has 46 valence electrons. The van der Waals surface area contributed by atoms with Crippen LogP contribution in [0.3, 0.4) is 0 Å². The van der Waals surface area contributed by atoms with Crippen molar-refractivity contribution < 1.29 is 4.74 Å². The van der Waals surface area contributed by atoms with Crippen molar-refractivity contribution in [3.8, 4) is 0 Å². The second kappa shape index (κ2) is 3.25. The summed E-state index contributed by atoms with van der Waals surface area (Å²) < 4.78 is 5.06. The number of ether oxygens (including phenoxy) is 1. The smallest absolute Gasteiger partial charge is 0.0782 e. The van der Waals surface area contributed by atoms with Gasteiger partial charge in [-0.25, -0.2) is 0 Å². The third kappa shape index (κ3) is 2.48. The van der Waals surface area contributed by atoms with Crippen molar-refractivity contribution in [1.82, 2.24) is 0 Å². The van der Waals surface area contributed by atoms with Crippen LogP contribution in [0, 0.1) is 0 Å². The molecule has 1 rings (SSSR count). The fourth-order valence-corrected chi connectivity index (χ4v) is 1.74. The van der Waals surface area contributed by atoms with E-state index in [-0.39, 0.29) is 0 Å². The first-order valence-electron chi connectivity index (χ1n) is 3.26. The molecule has 1 nitrogen and oxygen atoms in total. The summed E-state index contributed by atoms with van der Waals surface area (Å²) in [7, 11) is 1.15. The Morgan fingerprint density at radius 2 is 2.50 bits per heavy atom. The molecule has 1 aliphatic heterocycles. The highest BCUT2D eigenvalue weighted by molar-refractivity contribution is 6.35. The number of epoxide rings is 1. The van der Waals surface area contributed by atoms with Crippen molar-refractivity contribution >= 4 is 9.52 Å². The highest BCUT2D eigenvalue weighted by atomic mass is 28.2. The zero-order chi connectivity index (χ0) is 5.82. The van der Waals surface area contributed by atoms with Crippen molar-refractivity contribution in [3.05, 3.63) is 0 Å². The summed E-state index contributed by atoms with van der Waals surface area (Å²) in [5.74, 6) is 0. The highest BCUT2D eigenvalue weighted by Gasteiger charge is 2.20. The molecule has 2 heteroatoms. The number of hydrogen-bond donors (Lipinski definition) is 0. The Bertz CT molecular complexity index is 61.5. The minimum atomic E-state index is 0.667. The largest absolute Gasteiger partial charge is 0.373 e. The fraction of sp³-hybridized carbons (Fsp3) is 1.00. The minimum absolute atomic E-state index is 0.667. The second-order valence-corrected chi connectivity index (χ2v) is 3.57. The molecule has 0 saturated carbocycles. The van der Waals surface area contributed by atoms with Crippen LogP contribution in [-0.4, -0.2) is 22.2 Å². The van der Waals surface area contributed by atoms with Gasteiger partial charge in [-0.3, -0.25) is 0 Å². The van der Waals surface area contributed by atoms with Crippen molar-refractivity contribution in [2.24, 2.45) is 0 Å². The van der Waals surface area contributed by atoms with E-state index in [0.717, 1.165) is 16.1 Å². The number of rotatable bonds is 4. The summed E-state index contributed by atoms with van der Waals surface area (Å²) in [6.07, 6.45) is 2.01. The second-order valence-electron chi connectivity index (χ2n) is 2.16. The van der Waals surface area contributed by atoms with Crippen LogP contribution in [0.4, 0.5) is 0 Å². The van der Waals surface area contributed by atoms with Crippen molar-refractivity contribution in [2.75, 3.05) is 6.61 Å². The van der Waals surface area contributed by atoms with Crippen LogP contribution >= 0.6 is 0 Å². The number of hydrogen-bond acceptors (Lipinski definition) is 1. The fourth-order valence-electron chi connectivity index (χ4n) is 0.626. The van der Waals surface area contributed by atoms with Crippen LogP contribution in [0.25, 0.3) is 0 Å². The molecule has 1 fully saturated rings. The van der Waals surface area contributed by atoms with Gasteiger partial charge in [-0.2, -0.15) is 0 Å². The van der Waals surface area contributed by atoms with Crippen molar-refractivity contribution in [2.45, 2.75) is 31.5 Å². The first-order chi connectivity index (χ1) is 3.93. The van der Waals surface area contributed by atoms with Crippen molar-refractivity contribution in [3.63, 3.8) is 0 Å². The molecule has 0 amide bonds. The first-order valence-corrected chi connectivity index (χ1v) is 4.67. The first kappa shape index (κ1) is 6.30. The van der Waals surface area contributed by atoms with Crippen LogP contribution < -0.4 is 0 Å². The normalized spacial score (nSPS) is 25.9. The summed E-state index contributed by atoms with van der Waals surface area (Å²) in [5.41, 5.74) is 0. The molecule has 1 atom stereocenters. The molecular formula is C6H12OSi. The van der Waals surface area contributed by atoms with Gasteiger partial charge in [0.1, 0.15) is 0 Å². The van der Waals surface area contributed by atoms with Gasteiger partial charge < -0.3 is 4.74 Å². The lowest BCUT2D eigenvalue weighted by Gasteiger charge is -1.89. The predicted molar refractivity (Wildman–Crippen MR) is 35.4 cm³/mol. The monoisotopic (exact) mass is 128 g/mol. The molecular weight excluding hydrogens is 116 g/mol. The van der Waals surface area contributed by atoms with Gasteiger partial charge in [0.25, 0.3) is 0 Å². The van der Waals surface area contributed by atoms with Gasteiger partial charge in [-0.15, -0.1) is 0 Å². The summed E-state index contributed by atoms with van der Waals surface area (Å²) >= 11 is 0. The lowest BCUT2D eigenvalue weighted by atomic mass is 10.6. The maximum Gasteiger partial charge on any atom is 0.0782 e. The SMILES string of the molecule is CCC[Si]CC1CO1. The van der Waals surface area contributed by atoms with Gasteiger partial charge in [0.2, 0.25) is 0 Å². The van der Waals surface area contributed by atoms with E-state index >= 15 is 0 Å². The summed E-state index contributed by atoms with van der Waals surface area (Å²) in [6.45, 7) is 3.28. The quantitative estimate of drug-likeness (QED) is 0.316. The van der Waals surface area contributed by atoms with Gasteiger partial charge in [-0.05, 0) is 6.04 Å². The zero-order valence-electron chi connectivity index (χ0n) is 5.31. The molecule has 0 aromatic carbocycles. The Kier molecular flexibility index (Phi) is 2.56. The van der Waals surface area contributed by atoms with Crippen LogP contribution in [0.5, 0.6) is 0 Å². The van der Waals surface area contributed by atoms with Crippen LogP contribution in [0.2, 0.25) is 12.1 Å². The average molecular weight is 128 g/mol. The van der Waals surface area contributed by atoms with Gasteiger partial charge >= 0.3 is 0 Å². The van der Waals surface area contributed by atoms with Gasteiger partial charge in [0.15, 0.2) is 0 Å². The van der Waals surface area contributed by atoms with Crippen molar-refractivity contribution in [1.29, 1.82) is 0 Å². The molecule has 0 bridgehead atoms. The Balaban J connectivity index is 1.74. The molecule has 1 saturated heterocycles. The molecule has 1 heterocycles. The van der Waals surface area contributed by atoms with Gasteiger partial charge in [-0.1, -0.05) is 19.4 Å². The average Bonchev–Trinajstić information content (AvgIpc) is 2.51. The molecule has 0 N–H and O–H groups in total.